The predicted molar refractivity (Wildman–Crippen MR) is 80.1 cm³/mol. The molecular weight excluding hydrogens is 290 g/mol. The van der Waals surface area contributed by atoms with Crippen molar-refractivity contribution in [1.29, 1.82) is 0 Å². The SMILES string of the molecule is CCN(CC)C(C1=NCCN1)c1cccc(Br)c1. The van der Waals surface area contributed by atoms with Gasteiger partial charge in [0.2, 0.25) is 0 Å². The van der Waals surface area contributed by atoms with E-state index in [1.807, 2.05) is 0 Å². The first kappa shape index (κ1) is 13.6. The number of hydrogen-bond donors (Lipinski definition) is 1. The highest BCUT2D eigenvalue weighted by Crippen LogP contribution is 2.25. The molecule has 1 aromatic carbocycles. The van der Waals surface area contributed by atoms with Crippen LogP contribution < -0.4 is 5.32 Å². The van der Waals surface area contributed by atoms with Crippen LogP contribution in [-0.4, -0.2) is 36.9 Å². The maximum atomic E-state index is 4.61. The summed E-state index contributed by atoms with van der Waals surface area (Å²) in [7, 11) is 0. The van der Waals surface area contributed by atoms with Crippen LogP contribution in [0.25, 0.3) is 0 Å². The molecule has 0 aliphatic carbocycles. The van der Waals surface area contributed by atoms with Crippen LogP contribution in [0.2, 0.25) is 0 Å². The predicted octanol–water partition coefficient (Wildman–Crippen LogP) is 2.83. The average molecular weight is 310 g/mol. The Morgan fingerprint density at radius 2 is 2.17 bits per heavy atom. The van der Waals surface area contributed by atoms with Crippen LogP contribution in [0.3, 0.4) is 0 Å². The molecule has 1 aliphatic rings. The number of likely N-dealkylation sites (N-methyl/N-ethyl adjacent to an activating group) is 1. The van der Waals surface area contributed by atoms with E-state index in [0.29, 0.717) is 0 Å². The number of rotatable bonds is 5. The molecule has 0 aromatic heterocycles. The molecule has 0 saturated heterocycles. The lowest BCUT2D eigenvalue weighted by atomic mass is 10.0. The van der Waals surface area contributed by atoms with Crippen LogP contribution in [-0.2, 0) is 0 Å². The van der Waals surface area contributed by atoms with Gasteiger partial charge >= 0.3 is 0 Å². The number of amidine groups is 1. The Bertz CT molecular complexity index is 427. The number of nitrogens with zero attached hydrogens (tertiary/aromatic N) is 2. The van der Waals surface area contributed by atoms with E-state index in [9.17, 15) is 0 Å². The van der Waals surface area contributed by atoms with Crippen molar-refractivity contribution in [3.8, 4) is 0 Å². The third kappa shape index (κ3) is 2.93. The van der Waals surface area contributed by atoms with Crippen LogP contribution in [0.4, 0.5) is 0 Å². The van der Waals surface area contributed by atoms with E-state index in [-0.39, 0.29) is 6.04 Å². The van der Waals surface area contributed by atoms with E-state index < -0.39 is 0 Å². The molecule has 0 amide bonds. The molecule has 1 N–H and O–H groups in total. The second kappa shape index (κ2) is 6.34. The Hall–Kier alpha value is -0.870. The van der Waals surface area contributed by atoms with Gasteiger partial charge in [-0.3, -0.25) is 9.89 Å². The van der Waals surface area contributed by atoms with E-state index in [4.69, 9.17) is 0 Å². The molecule has 0 radical (unpaired) electrons. The van der Waals surface area contributed by atoms with E-state index >= 15 is 0 Å². The maximum absolute atomic E-state index is 4.61. The molecule has 1 aromatic rings. The zero-order chi connectivity index (χ0) is 13.0. The van der Waals surface area contributed by atoms with Crippen molar-refractivity contribution >= 4 is 21.8 Å². The number of nitrogens with one attached hydrogen (secondary N) is 1. The highest BCUT2D eigenvalue weighted by molar-refractivity contribution is 9.10. The van der Waals surface area contributed by atoms with Crippen molar-refractivity contribution in [3.63, 3.8) is 0 Å². The summed E-state index contributed by atoms with van der Waals surface area (Å²) < 4.78 is 1.12. The van der Waals surface area contributed by atoms with Crippen LogP contribution in [0.5, 0.6) is 0 Å². The number of hydrogen-bond acceptors (Lipinski definition) is 3. The topological polar surface area (TPSA) is 27.6 Å². The van der Waals surface area contributed by atoms with Crippen molar-refractivity contribution in [2.75, 3.05) is 26.2 Å². The van der Waals surface area contributed by atoms with Gasteiger partial charge in [0.15, 0.2) is 0 Å². The van der Waals surface area contributed by atoms with Crippen molar-refractivity contribution in [1.82, 2.24) is 10.2 Å². The van der Waals surface area contributed by atoms with Crippen LogP contribution >= 0.6 is 15.9 Å². The van der Waals surface area contributed by atoms with Gasteiger partial charge in [-0.2, -0.15) is 0 Å². The Labute approximate surface area is 117 Å². The summed E-state index contributed by atoms with van der Waals surface area (Å²) in [6, 6.07) is 8.76. The Balaban J connectivity index is 2.34. The summed E-state index contributed by atoms with van der Waals surface area (Å²) in [5.74, 6) is 1.11. The summed E-state index contributed by atoms with van der Waals surface area (Å²) in [5.41, 5.74) is 1.29. The minimum Gasteiger partial charge on any atom is -0.370 e. The first-order chi connectivity index (χ1) is 8.76. The van der Waals surface area contributed by atoms with E-state index in [0.717, 1.165) is 36.5 Å². The highest BCUT2D eigenvalue weighted by atomic mass is 79.9. The number of benzene rings is 1. The van der Waals surface area contributed by atoms with Crippen molar-refractivity contribution in [2.24, 2.45) is 4.99 Å². The zero-order valence-corrected chi connectivity index (χ0v) is 12.6. The van der Waals surface area contributed by atoms with Crippen molar-refractivity contribution in [2.45, 2.75) is 19.9 Å². The fourth-order valence-electron chi connectivity index (χ4n) is 2.41. The molecule has 1 aliphatic heterocycles. The Morgan fingerprint density at radius 1 is 1.39 bits per heavy atom. The molecule has 1 atom stereocenters. The van der Waals surface area contributed by atoms with Crippen LogP contribution in [0, 0.1) is 0 Å². The molecule has 0 fully saturated rings. The van der Waals surface area contributed by atoms with Crippen molar-refractivity contribution < 1.29 is 0 Å². The lowest BCUT2D eigenvalue weighted by Crippen LogP contribution is -2.38. The fourth-order valence-corrected chi connectivity index (χ4v) is 2.82. The summed E-state index contributed by atoms with van der Waals surface area (Å²) >= 11 is 3.55. The van der Waals surface area contributed by atoms with Gasteiger partial charge < -0.3 is 5.32 Å². The van der Waals surface area contributed by atoms with Gasteiger partial charge in [0.25, 0.3) is 0 Å². The third-order valence-electron chi connectivity index (χ3n) is 3.30. The normalized spacial score (nSPS) is 16.6. The minimum absolute atomic E-state index is 0.250. The van der Waals surface area contributed by atoms with Gasteiger partial charge in [0, 0.05) is 11.0 Å². The van der Waals surface area contributed by atoms with E-state index in [1.165, 1.54) is 5.56 Å². The molecule has 4 heteroatoms. The molecule has 0 spiro atoms. The first-order valence-electron chi connectivity index (χ1n) is 6.54. The van der Waals surface area contributed by atoms with Gasteiger partial charge in [-0.25, -0.2) is 0 Å². The Morgan fingerprint density at radius 3 is 2.72 bits per heavy atom. The summed E-state index contributed by atoms with van der Waals surface area (Å²) in [6.45, 7) is 8.29. The molecule has 18 heavy (non-hydrogen) atoms. The molecule has 0 bridgehead atoms. The molecule has 2 rings (SSSR count). The first-order valence-corrected chi connectivity index (χ1v) is 7.33. The highest BCUT2D eigenvalue weighted by Gasteiger charge is 2.25. The maximum Gasteiger partial charge on any atom is 0.119 e. The summed E-state index contributed by atoms with van der Waals surface area (Å²) in [5, 5.41) is 3.42. The molecule has 3 nitrogen and oxygen atoms in total. The fraction of sp³-hybridized carbons (Fsp3) is 0.500. The van der Waals surface area contributed by atoms with E-state index in [1.54, 1.807) is 0 Å². The van der Waals surface area contributed by atoms with Crippen molar-refractivity contribution in [3.05, 3.63) is 34.3 Å². The quantitative estimate of drug-likeness (QED) is 0.905. The summed E-state index contributed by atoms with van der Waals surface area (Å²) in [4.78, 5) is 7.04. The standard InChI is InChI=1S/C14H20BrN3/c1-3-18(4-2)13(14-16-8-9-17-14)11-6-5-7-12(15)10-11/h5-7,10,13H,3-4,8-9H2,1-2H3,(H,16,17). The molecular formula is C14H20BrN3. The van der Waals surface area contributed by atoms with Crippen LogP contribution in [0.1, 0.15) is 25.5 Å². The zero-order valence-electron chi connectivity index (χ0n) is 11.0. The number of halogens is 1. The van der Waals surface area contributed by atoms with Gasteiger partial charge in [-0.05, 0) is 30.8 Å². The molecule has 1 heterocycles. The summed E-state index contributed by atoms with van der Waals surface area (Å²) in [6.07, 6.45) is 0. The average Bonchev–Trinajstić information content (AvgIpc) is 2.89. The smallest absolute Gasteiger partial charge is 0.119 e. The van der Waals surface area contributed by atoms with Gasteiger partial charge in [-0.1, -0.05) is 41.9 Å². The second-order valence-corrected chi connectivity index (χ2v) is 5.29. The Kier molecular flexibility index (Phi) is 4.78. The number of aliphatic imine (C=N–C) groups is 1. The van der Waals surface area contributed by atoms with Gasteiger partial charge in [-0.15, -0.1) is 0 Å². The third-order valence-corrected chi connectivity index (χ3v) is 3.79. The lowest BCUT2D eigenvalue weighted by Gasteiger charge is -2.30. The molecule has 1 unspecified atom stereocenters. The molecule has 0 saturated carbocycles. The van der Waals surface area contributed by atoms with Gasteiger partial charge in [0.1, 0.15) is 5.84 Å². The van der Waals surface area contributed by atoms with Crippen LogP contribution in [0.15, 0.2) is 33.7 Å². The second-order valence-electron chi connectivity index (χ2n) is 4.37. The minimum atomic E-state index is 0.250. The molecule has 98 valence electrons. The monoisotopic (exact) mass is 309 g/mol. The van der Waals surface area contributed by atoms with Gasteiger partial charge in [0.05, 0.1) is 12.6 Å². The lowest BCUT2D eigenvalue weighted by molar-refractivity contribution is 0.268. The largest absolute Gasteiger partial charge is 0.370 e. The van der Waals surface area contributed by atoms with E-state index in [2.05, 4.69) is 69.3 Å².